The van der Waals surface area contributed by atoms with Gasteiger partial charge in [-0.05, 0) is 55.2 Å². The van der Waals surface area contributed by atoms with Gasteiger partial charge in [0.15, 0.2) is 0 Å². The standard InChI is InChI=1S/C29H31N/c1-6-12-23-13-10-11-16-25(23)29-28(22(5)20(2)3)26-18-17-21(4)19-27(26)30(29)24-14-8-7-9-15-24/h7-11,13-19,22H,2,6,12H2,1,3-5H3/t22-/m1/s1. The minimum absolute atomic E-state index is 0.268. The van der Waals surface area contributed by atoms with Crippen molar-refractivity contribution in [1.82, 2.24) is 4.57 Å². The van der Waals surface area contributed by atoms with E-state index in [-0.39, 0.29) is 5.92 Å². The predicted molar refractivity (Wildman–Crippen MR) is 131 cm³/mol. The first kappa shape index (κ1) is 20.2. The molecule has 0 aliphatic rings. The van der Waals surface area contributed by atoms with Gasteiger partial charge in [-0.2, -0.15) is 0 Å². The number of rotatable bonds is 6. The zero-order valence-electron chi connectivity index (χ0n) is 18.6. The summed E-state index contributed by atoms with van der Waals surface area (Å²) in [7, 11) is 0. The molecule has 0 radical (unpaired) electrons. The number of allylic oxidation sites excluding steroid dienone is 1. The summed E-state index contributed by atoms with van der Waals surface area (Å²) in [4.78, 5) is 0. The largest absolute Gasteiger partial charge is 0.309 e. The number of aryl methyl sites for hydroxylation is 2. The summed E-state index contributed by atoms with van der Waals surface area (Å²) in [5.74, 6) is 0.268. The monoisotopic (exact) mass is 393 g/mol. The Kier molecular flexibility index (Phi) is 5.63. The Labute approximate surface area is 180 Å². The van der Waals surface area contributed by atoms with Crippen molar-refractivity contribution in [2.24, 2.45) is 0 Å². The van der Waals surface area contributed by atoms with Crippen LogP contribution < -0.4 is 0 Å². The van der Waals surface area contributed by atoms with Crippen LogP contribution in [0, 0.1) is 6.92 Å². The molecule has 1 atom stereocenters. The minimum Gasteiger partial charge on any atom is -0.309 e. The molecule has 0 saturated heterocycles. The maximum absolute atomic E-state index is 4.32. The highest BCUT2D eigenvalue weighted by molar-refractivity contribution is 5.95. The summed E-state index contributed by atoms with van der Waals surface area (Å²) >= 11 is 0. The average Bonchev–Trinajstić information content (AvgIpc) is 3.08. The molecule has 0 N–H and O–H groups in total. The average molecular weight is 394 g/mol. The van der Waals surface area contributed by atoms with Gasteiger partial charge in [0, 0.05) is 22.6 Å². The third kappa shape index (κ3) is 3.50. The van der Waals surface area contributed by atoms with Gasteiger partial charge in [0.1, 0.15) is 0 Å². The lowest BCUT2D eigenvalue weighted by Crippen LogP contribution is -2.03. The van der Waals surface area contributed by atoms with E-state index in [9.17, 15) is 0 Å². The van der Waals surface area contributed by atoms with Crippen molar-refractivity contribution in [3.63, 3.8) is 0 Å². The number of hydrogen-bond acceptors (Lipinski definition) is 0. The molecule has 4 aromatic rings. The Balaban J connectivity index is 2.19. The first-order valence-electron chi connectivity index (χ1n) is 11.0. The van der Waals surface area contributed by atoms with Crippen molar-refractivity contribution in [3.05, 3.63) is 102 Å². The number of nitrogens with zero attached hydrogens (tertiary/aromatic N) is 1. The molecule has 1 heterocycles. The fourth-order valence-corrected chi connectivity index (χ4v) is 4.46. The van der Waals surface area contributed by atoms with Crippen molar-refractivity contribution < 1.29 is 0 Å². The van der Waals surface area contributed by atoms with Gasteiger partial charge in [-0.3, -0.25) is 0 Å². The van der Waals surface area contributed by atoms with E-state index in [1.54, 1.807) is 0 Å². The van der Waals surface area contributed by atoms with Crippen LogP contribution in [0.15, 0.2) is 84.9 Å². The summed E-state index contributed by atoms with van der Waals surface area (Å²) in [5.41, 5.74) is 10.4. The molecule has 1 heteroatoms. The molecular formula is C29H31N. The molecule has 0 fully saturated rings. The Bertz CT molecular complexity index is 1190. The third-order valence-corrected chi connectivity index (χ3v) is 6.14. The topological polar surface area (TPSA) is 4.93 Å². The quantitative estimate of drug-likeness (QED) is 0.291. The molecule has 0 saturated carbocycles. The molecule has 0 aliphatic carbocycles. The van der Waals surface area contributed by atoms with E-state index in [2.05, 4.69) is 112 Å². The van der Waals surface area contributed by atoms with Gasteiger partial charge in [-0.25, -0.2) is 0 Å². The molecule has 0 aliphatic heterocycles. The summed E-state index contributed by atoms with van der Waals surface area (Å²) < 4.78 is 2.46. The Morgan fingerprint density at radius 1 is 0.967 bits per heavy atom. The van der Waals surface area contributed by atoms with Crippen molar-refractivity contribution in [3.8, 4) is 16.9 Å². The Morgan fingerprint density at radius 2 is 1.67 bits per heavy atom. The fraction of sp³-hybridized carbons (Fsp3) is 0.241. The van der Waals surface area contributed by atoms with Crippen molar-refractivity contribution in [2.75, 3.05) is 0 Å². The number of para-hydroxylation sites is 1. The smallest absolute Gasteiger partial charge is 0.0581 e. The van der Waals surface area contributed by atoms with Gasteiger partial charge in [0.05, 0.1) is 11.2 Å². The van der Waals surface area contributed by atoms with Crippen LogP contribution in [0.5, 0.6) is 0 Å². The van der Waals surface area contributed by atoms with Crippen molar-refractivity contribution >= 4 is 10.9 Å². The number of aromatic nitrogens is 1. The zero-order valence-corrected chi connectivity index (χ0v) is 18.6. The maximum atomic E-state index is 4.32. The van der Waals surface area contributed by atoms with E-state index in [0.29, 0.717) is 0 Å². The normalized spacial score (nSPS) is 12.3. The van der Waals surface area contributed by atoms with E-state index in [4.69, 9.17) is 0 Å². The van der Waals surface area contributed by atoms with E-state index in [1.165, 1.54) is 50.1 Å². The molecule has 30 heavy (non-hydrogen) atoms. The second kappa shape index (κ2) is 8.36. The van der Waals surface area contributed by atoms with Gasteiger partial charge in [-0.1, -0.05) is 87.0 Å². The number of benzene rings is 3. The molecule has 0 bridgehead atoms. The van der Waals surface area contributed by atoms with Gasteiger partial charge < -0.3 is 4.57 Å². The molecule has 3 aromatic carbocycles. The lowest BCUT2D eigenvalue weighted by molar-refractivity contribution is 0.897. The SMILES string of the molecule is C=C(C)[C@@H](C)c1c(-c2ccccc2CCC)n(-c2ccccc2)c2cc(C)ccc12. The molecule has 4 rings (SSSR count). The van der Waals surface area contributed by atoms with Gasteiger partial charge in [0.2, 0.25) is 0 Å². The van der Waals surface area contributed by atoms with E-state index in [0.717, 1.165) is 12.8 Å². The van der Waals surface area contributed by atoms with Gasteiger partial charge >= 0.3 is 0 Å². The van der Waals surface area contributed by atoms with Crippen LogP contribution in [0.1, 0.15) is 49.8 Å². The molecule has 152 valence electrons. The van der Waals surface area contributed by atoms with Crippen molar-refractivity contribution in [1.29, 1.82) is 0 Å². The first-order chi connectivity index (χ1) is 14.5. The summed E-state index contributed by atoms with van der Waals surface area (Å²) in [6.45, 7) is 13.2. The van der Waals surface area contributed by atoms with E-state index < -0.39 is 0 Å². The van der Waals surface area contributed by atoms with Crippen LogP contribution in [0.25, 0.3) is 27.8 Å². The lowest BCUT2D eigenvalue weighted by atomic mass is 9.88. The summed E-state index contributed by atoms with van der Waals surface area (Å²) in [6, 6.07) is 26.5. The molecule has 0 unspecified atom stereocenters. The van der Waals surface area contributed by atoms with Gasteiger partial charge in [0.25, 0.3) is 0 Å². The number of fused-ring (bicyclic) bond motifs is 1. The third-order valence-electron chi connectivity index (χ3n) is 6.14. The van der Waals surface area contributed by atoms with Crippen molar-refractivity contribution in [2.45, 2.75) is 46.5 Å². The van der Waals surface area contributed by atoms with Crippen LogP contribution >= 0.6 is 0 Å². The highest BCUT2D eigenvalue weighted by Crippen LogP contribution is 2.43. The second-order valence-electron chi connectivity index (χ2n) is 8.43. The second-order valence-corrected chi connectivity index (χ2v) is 8.43. The minimum atomic E-state index is 0.268. The highest BCUT2D eigenvalue weighted by atomic mass is 15.0. The van der Waals surface area contributed by atoms with Crippen LogP contribution in [0.4, 0.5) is 0 Å². The first-order valence-corrected chi connectivity index (χ1v) is 11.0. The van der Waals surface area contributed by atoms with Crippen LogP contribution in [0.2, 0.25) is 0 Å². The van der Waals surface area contributed by atoms with Crippen LogP contribution in [0.3, 0.4) is 0 Å². The fourth-order valence-electron chi connectivity index (χ4n) is 4.46. The highest BCUT2D eigenvalue weighted by Gasteiger charge is 2.25. The molecule has 0 amide bonds. The lowest BCUT2D eigenvalue weighted by Gasteiger charge is -2.19. The maximum Gasteiger partial charge on any atom is 0.0581 e. The molecule has 0 spiro atoms. The van der Waals surface area contributed by atoms with Crippen LogP contribution in [-0.4, -0.2) is 4.57 Å². The van der Waals surface area contributed by atoms with E-state index in [1.807, 2.05) is 0 Å². The summed E-state index contributed by atoms with van der Waals surface area (Å²) in [5, 5.41) is 1.32. The predicted octanol–water partition coefficient (Wildman–Crippen LogP) is 8.24. The molecule has 1 nitrogen and oxygen atoms in total. The molecule has 1 aromatic heterocycles. The van der Waals surface area contributed by atoms with E-state index >= 15 is 0 Å². The van der Waals surface area contributed by atoms with Crippen LogP contribution in [-0.2, 0) is 6.42 Å². The zero-order chi connectivity index (χ0) is 21.3. The van der Waals surface area contributed by atoms with Gasteiger partial charge in [-0.15, -0.1) is 0 Å². The Hall–Kier alpha value is -3.06. The molecular weight excluding hydrogens is 362 g/mol. The number of hydrogen-bond donors (Lipinski definition) is 0. The Morgan fingerprint density at radius 3 is 2.37 bits per heavy atom. The summed E-state index contributed by atoms with van der Waals surface area (Å²) in [6.07, 6.45) is 2.21.